The molecule has 1 aliphatic heterocycles. The zero-order valence-electron chi connectivity index (χ0n) is 15.9. The minimum absolute atomic E-state index is 0.0666. The molecule has 0 aromatic rings. The lowest BCUT2D eigenvalue weighted by Gasteiger charge is -2.32. The Labute approximate surface area is 150 Å². The second-order valence-corrected chi connectivity index (χ2v) is 6.62. The van der Waals surface area contributed by atoms with Gasteiger partial charge in [0, 0.05) is 25.6 Å². The number of hydrogen-bond acceptors (Lipinski definition) is 5. The first-order valence-electron chi connectivity index (χ1n) is 9.21. The summed E-state index contributed by atoms with van der Waals surface area (Å²) in [5.41, 5.74) is 0. The Balaban J connectivity index is 2.38. The maximum atomic E-state index is 12.4. The molecule has 0 saturated carbocycles. The molecule has 0 aliphatic carbocycles. The highest BCUT2D eigenvalue weighted by Crippen LogP contribution is 2.20. The molecule has 0 aromatic heterocycles. The number of carbonyl (C=O) groups is 3. The first kappa shape index (κ1) is 21.4. The summed E-state index contributed by atoms with van der Waals surface area (Å²) in [6, 6.07) is 0. The average Bonchev–Trinajstić information content (AvgIpc) is 2.59. The van der Waals surface area contributed by atoms with E-state index in [-0.39, 0.29) is 36.3 Å². The smallest absolute Gasteiger partial charge is 0.325 e. The van der Waals surface area contributed by atoms with Crippen molar-refractivity contribution in [3.05, 3.63) is 0 Å². The van der Waals surface area contributed by atoms with Gasteiger partial charge in [0.2, 0.25) is 11.8 Å². The van der Waals surface area contributed by atoms with Gasteiger partial charge in [-0.25, -0.2) is 0 Å². The van der Waals surface area contributed by atoms with Crippen molar-refractivity contribution in [2.45, 2.75) is 53.1 Å². The number of likely N-dealkylation sites (tertiary alicyclic amines) is 1. The van der Waals surface area contributed by atoms with Gasteiger partial charge < -0.3 is 19.7 Å². The van der Waals surface area contributed by atoms with E-state index in [1.165, 1.54) is 0 Å². The number of nitrogens with zero attached hydrogens (tertiary/aromatic N) is 1. The lowest BCUT2D eigenvalue weighted by atomic mass is 9.95. The van der Waals surface area contributed by atoms with E-state index in [0.717, 1.165) is 0 Å². The van der Waals surface area contributed by atoms with E-state index >= 15 is 0 Å². The largest absolute Gasteiger partial charge is 0.465 e. The van der Waals surface area contributed by atoms with Gasteiger partial charge in [0.15, 0.2) is 0 Å². The lowest BCUT2D eigenvalue weighted by molar-refractivity contribution is -0.144. The monoisotopic (exact) mass is 356 g/mol. The van der Waals surface area contributed by atoms with E-state index in [2.05, 4.69) is 5.32 Å². The molecule has 25 heavy (non-hydrogen) atoms. The summed E-state index contributed by atoms with van der Waals surface area (Å²) in [6.07, 6.45) is 1.54. The van der Waals surface area contributed by atoms with Crippen molar-refractivity contribution in [2.75, 3.05) is 32.8 Å². The minimum atomic E-state index is -0.431. The zero-order chi connectivity index (χ0) is 18.8. The number of carbonyl (C=O) groups excluding carboxylic acids is 3. The molecule has 144 valence electrons. The van der Waals surface area contributed by atoms with Crippen LogP contribution in [-0.4, -0.2) is 61.6 Å². The van der Waals surface area contributed by atoms with Crippen molar-refractivity contribution in [1.82, 2.24) is 10.2 Å². The van der Waals surface area contributed by atoms with Crippen LogP contribution in [0.3, 0.4) is 0 Å². The van der Waals surface area contributed by atoms with Crippen LogP contribution in [0, 0.1) is 11.8 Å². The maximum Gasteiger partial charge on any atom is 0.325 e. The predicted molar refractivity (Wildman–Crippen MR) is 93.8 cm³/mol. The number of piperidine rings is 1. The van der Waals surface area contributed by atoms with E-state index in [1.54, 1.807) is 6.92 Å². The van der Waals surface area contributed by atoms with Gasteiger partial charge in [0.1, 0.15) is 6.54 Å². The number of ether oxygens (including phenoxy) is 2. The van der Waals surface area contributed by atoms with Crippen molar-refractivity contribution in [3.63, 3.8) is 0 Å². The SMILES string of the molecule is CCOC(=O)CNC(=O)C1CCN(C(=O)CC(OCC)C(C)C)CC1. The fourth-order valence-corrected chi connectivity index (χ4v) is 2.91. The van der Waals surface area contributed by atoms with Gasteiger partial charge in [0.05, 0.1) is 19.1 Å². The quantitative estimate of drug-likeness (QED) is 0.631. The molecule has 1 N–H and O–H groups in total. The third-order valence-corrected chi connectivity index (χ3v) is 4.43. The number of hydrogen-bond donors (Lipinski definition) is 1. The predicted octanol–water partition coefficient (Wildman–Crippen LogP) is 1.36. The summed E-state index contributed by atoms with van der Waals surface area (Å²) in [5, 5.41) is 2.61. The van der Waals surface area contributed by atoms with Crippen LogP contribution in [0.1, 0.15) is 47.0 Å². The molecule has 0 bridgehead atoms. The topological polar surface area (TPSA) is 84.9 Å². The molecule has 1 saturated heterocycles. The number of nitrogens with one attached hydrogen (secondary N) is 1. The average molecular weight is 356 g/mol. The highest BCUT2D eigenvalue weighted by molar-refractivity contribution is 5.84. The number of esters is 1. The van der Waals surface area contributed by atoms with Crippen LogP contribution in [-0.2, 0) is 23.9 Å². The molecule has 0 radical (unpaired) electrons. The van der Waals surface area contributed by atoms with Crippen LogP contribution in [0.15, 0.2) is 0 Å². The lowest BCUT2D eigenvalue weighted by Crippen LogP contribution is -2.45. The van der Waals surface area contributed by atoms with Gasteiger partial charge >= 0.3 is 5.97 Å². The Kier molecular flexibility index (Phi) is 9.49. The summed E-state index contributed by atoms with van der Waals surface area (Å²) in [4.78, 5) is 37.6. The molecule has 1 rings (SSSR count). The Bertz CT molecular complexity index is 445. The summed E-state index contributed by atoms with van der Waals surface area (Å²) >= 11 is 0. The molecular formula is C18H32N2O5. The minimum Gasteiger partial charge on any atom is -0.465 e. The molecule has 0 aromatic carbocycles. The molecule has 7 heteroatoms. The molecular weight excluding hydrogens is 324 g/mol. The molecule has 0 spiro atoms. The molecule has 7 nitrogen and oxygen atoms in total. The van der Waals surface area contributed by atoms with Crippen molar-refractivity contribution < 1.29 is 23.9 Å². The highest BCUT2D eigenvalue weighted by atomic mass is 16.5. The third kappa shape index (κ3) is 7.42. The molecule has 1 unspecified atom stereocenters. The van der Waals surface area contributed by atoms with E-state index in [0.29, 0.717) is 45.6 Å². The summed E-state index contributed by atoms with van der Waals surface area (Å²) in [7, 11) is 0. The maximum absolute atomic E-state index is 12.4. The summed E-state index contributed by atoms with van der Waals surface area (Å²) in [5.74, 6) is -0.368. The Hall–Kier alpha value is -1.63. The van der Waals surface area contributed by atoms with Crippen molar-refractivity contribution in [1.29, 1.82) is 0 Å². The second kappa shape index (κ2) is 11.1. The summed E-state index contributed by atoms with van der Waals surface area (Å²) < 4.78 is 10.4. The van der Waals surface area contributed by atoms with E-state index in [4.69, 9.17) is 9.47 Å². The third-order valence-electron chi connectivity index (χ3n) is 4.43. The van der Waals surface area contributed by atoms with Crippen LogP contribution in [0.5, 0.6) is 0 Å². The van der Waals surface area contributed by atoms with Crippen molar-refractivity contribution in [3.8, 4) is 0 Å². The van der Waals surface area contributed by atoms with E-state index in [9.17, 15) is 14.4 Å². The van der Waals surface area contributed by atoms with Gasteiger partial charge in [-0.05, 0) is 32.6 Å². The van der Waals surface area contributed by atoms with Gasteiger partial charge in [-0.1, -0.05) is 13.8 Å². The molecule has 2 amide bonds. The molecule has 1 heterocycles. The normalized spacial score (nSPS) is 16.6. The Morgan fingerprint density at radius 2 is 1.76 bits per heavy atom. The zero-order valence-corrected chi connectivity index (χ0v) is 15.9. The van der Waals surface area contributed by atoms with Crippen LogP contribution in [0.25, 0.3) is 0 Å². The van der Waals surface area contributed by atoms with Crippen LogP contribution >= 0.6 is 0 Å². The number of amides is 2. The van der Waals surface area contributed by atoms with Crippen molar-refractivity contribution >= 4 is 17.8 Å². The standard InChI is InChI=1S/C18H32N2O5/c1-5-24-15(13(3)4)11-16(21)20-9-7-14(8-10-20)18(23)19-12-17(22)25-6-2/h13-15H,5-12H2,1-4H3,(H,19,23). The van der Waals surface area contributed by atoms with Gasteiger partial charge in [-0.15, -0.1) is 0 Å². The van der Waals surface area contributed by atoms with Gasteiger partial charge in [0.25, 0.3) is 0 Å². The molecule has 1 atom stereocenters. The van der Waals surface area contributed by atoms with Gasteiger partial charge in [-0.3, -0.25) is 14.4 Å². The second-order valence-electron chi connectivity index (χ2n) is 6.62. The van der Waals surface area contributed by atoms with Crippen molar-refractivity contribution in [2.24, 2.45) is 11.8 Å². The fraction of sp³-hybridized carbons (Fsp3) is 0.833. The Morgan fingerprint density at radius 1 is 1.12 bits per heavy atom. The van der Waals surface area contributed by atoms with Gasteiger partial charge in [-0.2, -0.15) is 0 Å². The number of rotatable bonds is 9. The first-order valence-corrected chi connectivity index (χ1v) is 9.21. The van der Waals surface area contributed by atoms with Crippen LogP contribution in [0.2, 0.25) is 0 Å². The van der Waals surface area contributed by atoms with Crippen LogP contribution in [0.4, 0.5) is 0 Å². The fourth-order valence-electron chi connectivity index (χ4n) is 2.91. The summed E-state index contributed by atoms with van der Waals surface area (Å²) in [6.45, 7) is 9.67. The first-order chi connectivity index (χ1) is 11.9. The van der Waals surface area contributed by atoms with E-state index < -0.39 is 5.97 Å². The van der Waals surface area contributed by atoms with E-state index in [1.807, 2.05) is 25.7 Å². The van der Waals surface area contributed by atoms with Crippen LogP contribution < -0.4 is 5.32 Å². The Morgan fingerprint density at radius 3 is 2.28 bits per heavy atom. The highest BCUT2D eigenvalue weighted by Gasteiger charge is 2.29. The molecule has 1 fully saturated rings. The molecule has 1 aliphatic rings.